The lowest BCUT2D eigenvalue weighted by Gasteiger charge is -2.29. The van der Waals surface area contributed by atoms with Gasteiger partial charge in [0.25, 0.3) is 0 Å². The first-order chi connectivity index (χ1) is 10.1. The number of hydrogen-bond acceptors (Lipinski definition) is 3. The molecule has 3 nitrogen and oxygen atoms in total. The lowest BCUT2D eigenvalue weighted by Crippen LogP contribution is -2.37. The number of nitrogens with zero attached hydrogens (tertiary/aromatic N) is 1. The number of ether oxygens (including phenoxy) is 1. The van der Waals surface area contributed by atoms with Crippen LogP contribution in [0.4, 0.5) is 0 Å². The second kappa shape index (κ2) is 8.51. The molecule has 0 amide bonds. The molecule has 0 radical (unpaired) electrons. The third kappa shape index (κ3) is 5.23. The van der Waals surface area contributed by atoms with Crippen molar-refractivity contribution in [3.63, 3.8) is 0 Å². The molecule has 1 unspecified atom stereocenters. The fraction of sp³-hybridized carbons (Fsp3) is 0.625. The standard InChI is InChI=1S/C16H24Br2N2O/c1-3-21-16-14(17)7-13(8-15(16)18)10-19-9-12-5-4-6-20(2)11-12/h7-8,12,19H,3-6,9-11H2,1-2H3. The molecule has 0 aromatic heterocycles. The van der Waals surface area contributed by atoms with E-state index in [4.69, 9.17) is 4.74 Å². The third-order valence-corrected chi connectivity index (χ3v) is 5.01. The summed E-state index contributed by atoms with van der Waals surface area (Å²) in [5.74, 6) is 1.66. The quantitative estimate of drug-likeness (QED) is 0.752. The molecule has 5 heteroatoms. The second-order valence-electron chi connectivity index (χ2n) is 5.72. The maximum absolute atomic E-state index is 5.61. The maximum Gasteiger partial charge on any atom is 0.147 e. The highest BCUT2D eigenvalue weighted by molar-refractivity contribution is 9.11. The van der Waals surface area contributed by atoms with Crippen LogP contribution in [0.1, 0.15) is 25.3 Å². The first-order valence-electron chi connectivity index (χ1n) is 7.60. The Kier molecular flexibility index (Phi) is 6.99. The van der Waals surface area contributed by atoms with Crippen molar-refractivity contribution in [2.75, 3.05) is 33.3 Å². The SMILES string of the molecule is CCOc1c(Br)cc(CNCC2CCCN(C)C2)cc1Br. The van der Waals surface area contributed by atoms with Crippen molar-refractivity contribution in [3.8, 4) is 5.75 Å². The van der Waals surface area contributed by atoms with Crippen molar-refractivity contribution < 1.29 is 4.74 Å². The van der Waals surface area contributed by atoms with Crippen molar-refractivity contribution >= 4 is 31.9 Å². The predicted octanol–water partition coefficient (Wildman–Crippen LogP) is 4.04. The average molecular weight is 420 g/mol. The molecule has 1 aromatic rings. The molecule has 1 atom stereocenters. The highest BCUT2D eigenvalue weighted by Gasteiger charge is 2.16. The summed E-state index contributed by atoms with van der Waals surface area (Å²) >= 11 is 7.17. The highest BCUT2D eigenvalue weighted by atomic mass is 79.9. The van der Waals surface area contributed by atoms with Gasteiger partial charge in [0.15, 0.2) is 0 Å². The molecule has 0 aliphatic carbocycles. The van der Waals surface area contributed by atoms with Crippen molar-refractivity contribution in [1.82, 2.24) is 10.2 Å². The van der Waals surface area contributed by atoms with Crippen molar-refractivity contribution in [3.05, 3.63) is 26.6 Å². The molecule has 1 heterocycles. The van der Waals surface area contributed by atoms with Gasteiger partial charge in [0.2, 0.25) is 0 Å². The van der Waals surface area contributed by atoms with Crippen LogP contribution in [0.2, 0.25) is 0 Å². The zero-order valence-corrected chi connectivity index (χ0v) is 16.0. The van der Waals surface area contributed by atoms with Gasteiger partial charge in [-0.15, -0.1) is 0 Å². The number of hydrogen-bond donors (Lipinski definition) is 1. The Hall–Kier alpha value is -0.100. The van der Waals surface area contributed by atoms with Crippen LogP contribution in [0.15, 0.2) is 21.1 Å². The van der Waals surface area contributed by atoms with E-state index in [0.717, 1.165) is 33.7 Å². The smallest absolute Gasteiger partial charge is 0.147 e. The van der Waals surface area contributed by atoms with E-state index in [1.807, 2.05) is 6.92 Å². The number of likely N-dealkylation sites (tertiary alicyclic amines) is 1. The number of benzene rings is 1. The topological polar surface area (TPSA) is 24.5 Å². The molecule has 1 saturated heterocycles. The van der Waals surface area contributed by atoms with E-state index >= 15 is 0 Å². The molecule has 1 aliphatic heterocycles. The van der Waals surface area contributed by atoms with Crippen LogP contribution in [-0.2, 0) is 6.54 Å². The number of rotatable bonds is 6. The normalized spacial score (nSPS) is 19.7. The molecule has 1 aliphatic rings. The van der Waals surface area contributed by atoms with Gasteiger partial charge in [-0.05, 0) is 95.4 Å². The first-order valence-corrected chi connectivity index (χ1v) is 9.18. The van der Waals surface area contributed by atoms with Crippen LogP contribution >= 0.6 is 31.9 Å². The maximum atomic E-state index is 5.61. The number of halogens is 2. The Balaban J connectivity index is 1.85. The zero-order chi connectivity index (χ0) is 15.2. The van der Waals surface area contributed by atoms with Gasteiger partial charge in [-0.3, -0.25) is 0 Å². The largest absolute Gasteiger partial charge is 0.492 e. The van der Waals surface area contributed by atoms with Gasteiger partial charge >= 0.3 is 0 Å². The van der Waals surface area contributed by atoms with Crippen LogP contribution < -0.4 is 10.1 Å². The molecule has 2 rings (SSSR count). The summed E-state index contributed by atoms with van der Waals surface area (Å²) < 4.78 is 7.63. The van der Waals surface area contributed by atoms with Crippen LogP contribution in [0, 0.1) is 5.92 Å². The first kappa shape index (κ1) is 17.3. The minimum atomic E-state index is 0.671. The molecule has 0 spiro atoms. The minimum absolute atomic E-state index is 0.671. The Morgan fingerprint density at radius 1 is 1.33 bits per heavy atom. The van der Waals surface area contributed by atoms with Gasteiger partial charge in [-0.2, -0.15) is 0 Å². The molecule has 0 saturated carbocycles. The Bertz CT molecular complexity index is 445. The Morgan fingerprint density at radius 2 is 2.05 bits per heavy atom. The molecule has 1 N–H and O–H groups in total. The van der Waals surface area contributed by atoms with Crippen molar-refractivity contribution in [1.29, 1.82) is 0 Å². The second-order valence-corrected chi connectivity index (χ2v) is 7.43. The fourth-order valence-electron chi connectivity index (χ4n) is 2.86. The lowest BCUT2D eigenvalue weighted by atomic mass is 9.98. The molecule has 21 heavy (non-hydrogen) atoms. The van der Waals surface area contributed by atoms with Gasteiger partial charge in [0.05, 0.1) is 15.6 Å². The average Bonchev–Trinajstić information content (AvgIpc) is 2.43. The summed E-state index contributed by atoms with van der Waals surface area (Å²) in [6.07, 6.45) is 2.66. The molecule has 118 valence electrons. The minimum Gasteiger partial charge on any atom is -0.492 e. The molecule has 1 aromatic carbocycles. The molecular formula is C16H24Br2N2O. The summed E-state index contributed by atoms with van der Waals surface area (Å²) in [5, 5.41) is 3.59. The van der Waals surface area contributed by atoms with Gasteiger partial charge < -0.3 is 15.0 Å². The molecular weight excluding hydrogens is 396 g/mol. The highest BCUT2D eigenvalue weighted by Crippen LogP contribution is 2.34. The van der Waals surface area contributed by atoms with Gasteiger partial charge in [-0.1, -0.05) is 0 Å². The van der Waals surface area contributed by atoms with Gasteiger partial charge in [-0.25, -0.2) is 0 Å². The fourth-order valence-corrected chi connectivity index (χ4v) is 4.37. The monoisotopic (exact) mass is 418 g/mol. The van der Waals surface area contributed by atoms with E-state index < -0.39 is 0 Å². The van der Waals surface area contributed by atoms with Crippen LogP contribution in [0.3, 0.4) is 0 Å². The lowest BCUT2D eigenvalue weighted by molar-refractivity contribution is 0.206. The van der Waals surface area contributed by atoms with Crippen LogP contribution in [-0.4, -0.2) is 38.2 Å². The van der Waals surface area contributed by atoms with Crippen molar-refractivity contribution in [2.45, 2.75) is 26.3 Å². The van der Waals surface area contributed by atoms with E-state index in [1.165, 1.54) is 31.5 Å². The zero-order valence-electron chi connectivity index (χ0n) is 12.8. The van der Waals surface area contributed by atoms with E-state index in [0.29, 0.717) is 6.61 Å². The summed E-state index contributed by atoms with van der Waals surface area (Å²) in [7, 11) is 2.22. The van der Waals surface area contributed by atoms with Crippen LogP contribution in [0.5, 0.6) is 5.75 Å². The Morgan fingerprint density at radius 3 is 2.67 bits per heavy atom. The summed E-state index contributed by atoms with van der Waals surface area (Å²) in [6.45, 7) is 7.11. The van der Waals surface area contributed by atoms with E-state index in [9.17, 15) is 0 Å². The Labute approximate surface area is 144 Å². The summed E-state index contributed by atoms with van der Waals surface area (Å²) in [4.78, 5) is 2.43. The summed E-state index contributed by atoms with van der Waals surface area (Å²) in [5.41, 5.74) is 1.27. The summed E-state index contributed by atoms with van der Waals surface area (Å²) in [6, 6.07) is 4.27. The predicted molar refractivity (Wildman–Crippen MR) is 94.9 cm³/mol. The van der Waals surface area contributed by atoms with E-state index in [-0.39, 0.29) is 0 Å². The van der Waals surface area contributed by atoms with Gasteiger partial charge in [0, 0.05) is 13.1 Å². The van der Waals surface area contributed by atoms with Crippen molar-refractivity contribution in [2.24, 2.45) is 5.92 Å². The van der Waals surface area contributed by atoms with E-state index in [2.05, 4.69) is 61.3 Å². The third-order valence-electron chi connectivity index (χ3n) is 3.83. The van der Waals surface area contributed by atoms with E-state index in [1.54, 1.807) is 0 Å². The van der Waals surface area contributed by atoms with Gasteiger partial charge in [0.1, 0.15) is 5.75 Å². The molecule has 0 bridgehead atoms. The number of nitrogens with one attached hydrogen (secondary N) is 1. The number of piperidine rings is 1. The molecule has 1 fully saturated rings. The van der Waals surface area contributed by atoms with Crippen LogP contribution in [0.25, 0.3) is 0 Å².